The van der Waals surface area contributed by atoms with Gasteiger partial charge >= 0.3 is 0 Å². The summed E-state index contributed by atoms with van der Waals surface area (Å²) in [6.07, 6.45) is 1.95. The number of hydrogen-bond acceptors (Lipinski definition) is 2. The van der Waals surface area contributed by atoms with Gasteiger partial charge in [-0.05, 0) is 76.1 Å². The van der Waals surface area contributed by atoms with Gasteiger partial charge < -0.3 is 0 Å². The summed E-state index contributed by atoms with van der Waals surface area (Å²) in [6.45, 7) is 15.8. The normalized spacial score (nSPS) is 14.5. The predicted molar refractivity (Wildman–Crippen MR) is 140 cm³/mol. The molecule has 0 N–H and O–H groups in total. The summed E-state index contributed by atoms with van der Waals surface area (Å²) in [5.41, 5.74) is 6.09. The molecule has 0 spiro atoms. The van der Waals surface area contributed by atoms with Gasteiger partial charge in [-0.3, -0.25) is 4.98 Å². The van der Waals surface area contributed by atoms with Gasteiger partial charge in [0.1, 0.15) is 0 Å². The van der Waals surface area contributed by atoms with Gasteiger partial charge in [-0.25, -0.2) is 0 Å². The van der Waals surface area contributed by atoms with Gasteiger partial charge in [-0.15, -0.1) is 0 Å². The zero-order valence-electron chi connectivity index (χ0n) is 22.2. The fourth-order valence-electron chi connectivity index (χ4n) is 4.90. The summed E-state index contributed by atoms with van der Waals surface area (Å²) in [5.74, 6) is 0. The number of benzene rings is 3. The minimum atomic E-state index is 0.0564. The van der Waals surface area contributed by atoms with Crippen LogP contribution in [0.2, 0.25) is 0 Å². The smallest absolute Gasteiger partial charge is 0.0840 e. The van der Waals surface area contributed by atoms with E-state index in [1.54, 1.807) is 0 Å². The van der Waals surface area contributed by atoms with Crippen LogP contribution in [-0.4, -0.2) is 4.98 Å². The van der Waals surface area contributed by atoms with Gasteiger partial charge in [0.15, 0.2) is 0 Å². The lowest BCUT2D eigenvalue weighted by Crippen LogP contribution is -2.12. The first kappa shape index (κ1) is 19.2. The molecule has 1 aliphatic rings. The summed E-state index contributed by atoms with van der Waals surface area (Å²) in [4.78, 5) is 7.14. The molecule has 1 nitrogen and oxygen atoms in total. The third-order valence-electron chi connectivity index (χ3n) is 6.02. The Kier molecular flexibility index (Phi) is 4.40. The Hall–Kier alpha value is -2.32. The third kappa shape index (κ3) is 3.94. The van der Waals surface area contributed by atoms with E-state index in [0.29, 0.717) is 0 Å². The van der Waals surface area contributed by atoms with Crippen molar-refractivity contribution in [3.8, 4) is 11.3 Å². The first-order chi connectivity index (χ1) is 15.8. The number of aryl methyl sites for hydroxylation is 1. The zero-order valence-corrected chi connectivity index (χ0v) is 21.1. The molecule has 1 aromatic heterocycles. The second-order valence-electron chi connectivity index (χ2n) is 11.7. The first-order valence-corrected chi connectivity index (χ1v) is 12.3. The summed E-state index contributed by atoms with van der Waals surface area (Å²) < 4.78 is 17.2. The Morgan fingerprint density at radius 1 is 0.906 bits per heavy atom. The highest BCUT2D eigenvalue weighted by atomic mass is 32.2. The zero-order chi connectivity index (χ0) is 24.6. The highest BCUT2D eigenvalue weighted by Crippen LogP contribution is 2.51. The van der Waals surface area contributed by atoms with Crippen molar-refractivity contribution in [2.24, 2.45) is 10.8 Å². The number of pyridine rings is 1. The van der Waals surface area contributed by atoms with Crippen molar-refractivity contribution in [3.63, 3.8) is 0 Å². The van der Waals surface area contributed by atoms with E-state index in [0.717, 1.165) is 34.9 Å². The number of fused-ring (bicyclic) bond motifs is 3. The Bertz CT molecular complexity index is 1470. The summed E-state index contributed by atoms with van der Waals surface area (Å²) in [6, 6.07) is 13.6. The molecule has 0 unspecified atom stereocenters. The maximum atomic E-state index is 8.65. The van der Waals surface area contributed by atoms with Gasteiger partial charge in [0, 0.05) is 26.9 Å². The maximum absolute atomic E-state index is 8.65. The van der Waals surface area contributed by atoms with E-state index in [4.69, 9.17) is 7.73 Å². The molecule has 0 saturated carbocycles. The van der Waals surface area contributed by atoms with Crippen molar-refractivity contribution in [2.75, 3.05) is 0 Å². The van der Waals surface area contributed by atoms with Gasteiger partial charge in [0.2, 0.25) is 0 Å². The van der Waals surface area contributed by atoms with E-state index < -0.39 is 0 Å². The Labute approximate surface area is 199 Å². The minimum absolute atomic E-state index is 0.0564. The SMILES string of the molecule is [2H]c1nc2c3c(cc(CC(C)(C)C)cc3c1[2H])Sc1c-2cc2cc(C)ccc2c1CC(C)(C)C. The van der Waals surface area contributed by atoms with Gasteiger partial charge in [-0.1, -0.05) is 83.1 Å². The van der Waals surface area contributed by atoms with E-state index in [9.17, 15) is 0 Å². The molecule has 0 bridgehead atoms. The van der Waals surface area contributed by atoms with E-state index in [1.807, 2.05) is 11.8 Å². The van der Waals surface area contributed by atoms with Crippen LogP contribution in [-0.2, 0) is 12.8 Å². The molecule has 32 heavy (non-hydrogen) atoms. The molecule has 4 aromatic rings. The maximum Gasteiger partial charge on any atom is 0.0840 e. The molecule has 0 radical (unpaired) electrons. The molecular weight excluding hydrogens is 406 g/mol. The van der Waals surface area contributed by atoms with Crippen molar-refractivity contribution in [2.45, 2.75) is 71.1 Å². The largest absolute Gasteiger partial charge is 0.256 e. The minimum Gasteiger partial charge on any atom is -0.256 e. The molecule has 0 atom stereocenters. The van der Waals surface area contributed by atoms with Crippen LogP contribution < -0.4 is 0 Å². The number of hydrogen-bond donors (Lipinski definition) is 0. The second kappa shape index (κ2) is 7.35. The summed E-state index contributed by atoms with van der Waals surface area (Å²) >= 11 is 1.83. The van der Waals surface area contributed by atoms with Crippen LogP contribution in [0.3, 0.4) is 0 Å². The number of rotatable bonds is 2. The standard InChI is InChI=1S/C30H33NS/c1-18-8-9-22-21(12-18)15-23-27-26-20(10-11-31-27)13-19(16-29(2,3)4)14-25(26)32-28(23)24(22)17-30(5,6)7/h8-15H,16-17H2,1-7H3/i10D,11D. The molecule has 2 heterocycles. The summed E-state index contributed by atoms with van der Waals surface area (Å²) in [5, 5.41) is 4.42. The van der Waals surface area contributed by atoms with Crippen molar-refractivity contribution in [1.82, 2.24) is 4.98 Å². The van der Waals surface area contributed by atoms with Crippen molar-refractivity contribution >= 4 is 33.3 Å². The van der Waals surface area contributed by atoms with Crippen LogP contribution in [0, 0.1) is 17.8 Å². The molecule has 1 aliphatic heterocycles. The van der Waals surface area contributed by atoms with Gasteiger partial charge in [-0.2, -0.15) is 0 Å². The lowest BCUT2D eigenvalue weighted by Gasteiger charge is -2.28. The molecule has 0 fully saturated rings. The lowest BCUT2D eigenvalue weighted by atomic mass is 9.84. The van der Waals surface area contributed by atoms with E-state index in [1.165, 1.54) is 37.3 Å². The quantitative estimate of drug-likeness (QED) is 0.271. The van der Waals surface area contributed by atoms with Crippen LogP contribution in [0.15, 0.2) is 58.4 Å². The van der Waals surface area contributed by atoms with E-state index in [2.05, 4.69) is 84.9 Å². The Balaban J connectivity index is 1.87. The first-order valence-electron chi connectivity index (χ1n) is 12.5. The Morgan fingerprint density at radius 3 is 2.38 bits per heavy atom. The molecular formula is C30H33NS. The molecule has 0 aliphatic carbocycles. The molecule has 0 saturated heterocycles. The van der Waals surface area contributed by atoms with Crippen molar-refractivity contribution in [1.29, 1.82) is 0 Å². The highest BCUT2D eigenvalue weighted by molar-refractivity contribution is 7.99. The lowest BCUT2D eigenvalue weighted by molar-refractivity contribution is 0.410. The topological polar surface area (TPSA) is 12.9 Å². The average molecular weight is 442 g/mol. The third-order valence-corrected chi connectivity index (χ3v) is 7.23. The van der Waals surface area contributed by atoms with Crippen LogP contribution in [0.25, 0.3) is 32.8 Å². The number of aromatic nitrogens is 1. The molecule has 2 heteroatoms. The van der Waals surface area contributed by atoms with E-state index in [-0.39, 0.29) is 23.0 Å². The predicted octanol–water partition coefficient (Wildman–Crippen LogP) is 9.01. The fourth-order valence-corrected chi connectivity index (χ4v) is 6.21. The molecule has 0 amide bonds. The monoisotopic (exact) mass is 441 g/mol. The van der Waals surface area contributed by atoms with Crippen LogP contribution >= 0.6 is 11.8 Å². The fraction of sp³-hybridized carbons (Fsp3) is 0.367. The Morgan fingerprint density at radius 2 is 1.66 bits per heavy atom. The van der Waals surface area contributed by atoms with Crippen molar-refractivity contribution < 1.29 is 2.74 Å². The number of nitrogens with zero attached hydrogens (tertiary/aromatic N) is 1. The molecule has 5 rings (SSSR count). The van der Waals surface area contributed by atoms with Gasteiger partial charge in [0.25, 0.3) is 0 Å². The highest BCUT2D eigenvalue weighted by Gasteiger charge is 2.27. The van der Waals surface area contributed by atoms with Crippen LogP contribution in [0.4, 0.5) is 0 Å². The molecule has 164 valence electrons. The van der Waals surface area contributed by atoms with Crippen LogP contribution in [0.5, 0.6) is 0 Å². The molecule has 3 aromatic carbocycles. The van der Waals surface area contributed by atoms with Gasteiger partial charge in [0.05, 0.1) is 8.44 Å². The van der Waals surface area contributed by atoms with E-state index >= 15 is 0 Å². The second-order valence-corrected chi connectivity index (χ2v) is 12.8. The summed E-state index contributed by atoms with van der Waals surface area (Å²) in [7, 11) is 0. The average Bonchev–Trinajstić information content (AvgIpc) is 2.69. The van der Waals surface area contributed by atoms with Crippen molar-refractivity contribution in [3.05, 3.63) is 65.3 Å². The van der Waals surface area contributed by atoms with Crippen LogP contribution in [0.1, 0.15) is 61.0 Å².